The topological polar surface area (TPSA) is 95.3 Å². The summed E-state index contributed by atoms with van der Waals surface area (Å²) in [4.78, 5) is 38.2. The monoisotopic (exact) mass is 545 g/mol. The number of ether oxygens (including phenoxy) is 3. The van der Waals surface area contributed by atoms with Crippen LogP contribution in [0, 0.1) is 5.82 Å². The number of imide groups is 1. The van der Waals surface area contributed by atoms with E-state index in [9.17, 15) is 18.8 Å². The Kier molecular flexibility index (Phi) is 8.20. The van der Waals surface area contributed by atoms with E-state index < -0.39 is 22.9 Å². The van der Waals surface area contributed by atoms with E-state index in [2.05, 4.69) is 4.74 Å². The summed E-state index contributed by atoms with van der Waals surface area (Å²) in [5.41, 5.74) is 0.859. The average molecular weight is 546 g/mol. The van der Waals surface area contributed by atoms with Crippen LogP contribution in [-0.2, 0) is 22.7 Å². The summed E-state index contributed by atoms with van der Waals surface area (Å²) in [5, 5.41) is -0.299. The molecule has 1 saturated heterocycles. The van der Waals surface area contributed by atoms with Crippen molar-refractivity contribution in [2.24, 2.45) is 0 Å². The van der Waals surface area contributed by atoms with E-state index in [4.69, 9.17) is 25.5 Å². The van der Waals surface area contributed by atoms with E-state index in [1.165, 1.54) is 31.4 Å². The number of thioether (sulfide) groups is 1. The van der Waals surface area contributed by atoms with Gasteiger partial charge in [-0.25, -0.2) is 9.18 Å². The van der Waals surface area contributed by atoms with Gasteiger partial charge in [0.1, 0.15) is 18.2 Å². The van der Waals surface area contributed by atoms with Gasteiger partial charge >= 0.3 is 5.97 Å². The first kappa shape index (κ1) is 26.3. The van der Waals surface area contributed by atoms with Crippen LogP contribution in [0.2, 0.25) is 5.02 Å². The molecule has 0 unspecified atom stereocenters. The Bertz CT molecular complexity index is 1390. The molecule has 0 radical (unpaired) electrons. The third-order valence-corrected chi connectivity index (χ3v) is 6.38. The number of furan rings is 1. The molecular weight excluding hydrogens is 525 g/mol. The molecule has 1 aliphatic rings. The predicted octanol–water partition coefficient (Wildman–Crippen LogP) is 6.07. The first-order valence-corrected chi connectivity index (χ1v) is 12.2. The normalized spacial score (nSPS) is 14.4. The zero-order valence-corrected chi connectivity index (χ0v) is 21.4. The number of nitrogens with zero attached hydrogens (tertiary/aromatic N) is 1. The standard InChI is InChI=1S/C26H21ClFNO7S/c1-3-34-21-11-15(10-18(27)23(21)35-14-16-6-4-5-7-19(16)28)12-22-24(30)29(26(32)37-22)13-17-8-9-20(36-17)25(31)33-2/h4-12H,3,13-14H2,1-2H3/b22-12+. The van der Waals surface area contributed by atoms with Crippen LogP contribution in [0.15, 0.2) is 57.9 Å². The number of methoxy groups -OCH3 is 1. The lowest BCUT2D eigenvalue weighted by Crippen LogP contribution is -2.27. The van der Waals surface area contributed by atoms with Crippen molar-refractivity contribution in [3.63, 3.8) is 0 Å². The summed E-state index contributed by atoms with van der Waals surface area (Å²) in [7, 11) is 1.22. The molecule has 0 spiro atoms. The van der Waals surface area contributed by atoms with Crippen molar-refractivity contribution >= 4 is 46.6 Å². The van der Waals surface area contributed by atoms with Gasteiger partial charge in [-0.05, 0) is 60.7 Å². The maximum atomic E-state index is 14.0. The summed E-state index contributed by atoms with van der Waals surface area (Å²) >= 11 is 7.22. The van der Waals surface area contributed by atoms with E-state index in [0.29, 0.717) is 23.5 Å². The average Bonchev–Trinajstić information content (AvgIpc) is 3.44. The number of hydrogen-bond acceptors (Lipinski definition) is 8. The van der Waals surface area contributed by atoms with Crippen molar-refractivity contribution in [1.82, 2.24) is 4.90 Å². The van der Waals surface area contributed by atoms with Crippen molar-refractivity contribution in [1.29, 1.82) is 0 Å². The fourth-order valence-electron chi connectivity index (χ4n) is 3.46. The molecule has 2 aromatic carbocycles. The van der Waals surface area contributed by atoms with Gasteiger partial charge in [0.25, 0.3) is 11.1 Å². The van der Waals surface area contributed by atoms with Crippen LogP contribution in [0.5, 0.6) is 11.5 Å². The van der Waals surface area contributed by atoms with Gasteiger partial charge in [0.05, 0.1) is 30.2 Å². The van der Waals surface area contributed by atoms with Crippen molar-refractivity contribution < 1.29 is 37.4 Å². The van der Waals surface area contributed by atoms with Gasteiger partial charge in [-0.2, -0.15) is 0 Å². The number of halogens is 2. The van der Waals surface area contributed by atoms with E-state index in [1.807, 2.05) is 0 Å². The second kappa shape index (κ2) is 11.5. The molecule has 192 valence electrons. The number of esters is 1. The van der Waals surface area contributed by atoms with Crippen LogP contribution >= 0.6 is 23.4 Å². The van der Waals surface area contributed by atoms with Crippen LogP contribution in [0.3, 0.4) is 0 Å². The molecule has 2 heterocycles. The zero-order valence-electron chi connectivity index (χ0n) is 19.8. The quantitative estimate of drug-likeness (QED) is 0.236. The fourth-order valence-corrected chi connectivity index (χ4v) is 4.57. The smallest absolute Gasteiger partial charge is 0.373 e. The molecule has 2 amide bonds. The third kappa shape index (κ3) is 5.98. The van der Waals surface area contributed by atoms with Crippen molar-refractivity contribution in [2.45, 2.75) is 20.1 Å². The van der Waals surface area contributed by atoms with Crippen LogP contribution < -0.4 is 9.47 Å². The molecule has 4 rings (SSSR count). The Labute approximate surface area is 220 Å². The van der Waals surface area contributed by atoms with Crippen molar-refractivity contribution in [3.8, 4) is 11.5 Å². The fraction of sp³-hybridized carbons (Fsp3) is 0.192. The lowest BCUT2D eigenvalue weighted by molar-refractivity contribution is -0.123. The molecule has 1 aliphatic heterocycles. The largest absolute Gasteiger partial charge is 0.490 e. The van der Waals surface area contributed by atoms with E-state index in [0.717, 1.165) is 16.7 Å². The van der Waals surface area contributed by atoms with Crippen molar-refractivity contribution in [3.05, 3.63) is 86.9 Å². The lowest BCUT2D eigenvalue weighted by atomic mass is 10.1. The van der Waals surface area contributed by atoms with Crippen LogP contribution in [0.1, 0.15) is 34.4 Å². The summed E-state index contributed by atoms with van der Waals surface area (Å²) in [6.45, 7) is 1.89. The van der Waals surface area contributed by atoms with Crippen LogP contribution in [-0.4, -0.2) is 35.7 Å². The molecule has 37 heavy (non-hydrogen) atoms. The maximum absolute atomic E-state index is 14.0. The molecule has 8 nitrogen and oxygen atoms in total. The SMILES string of the molecule is CCOc1cc(/C=C2/SC(=O)N(Cc3ccc(C(=O)OC)o3)C2=O)cc(Cl)c1OCc1ccccc1F. The number of rotatable bonds is 9. The molecule has 1 aromatic heterocycles. The number of carbonyl (C=O) groups excluding carboxylic acids is 3. The van der Waals surface area contributed by atoms with Gasteiger partial charge in [0.15, 0.2) is 11.5 Å². The summed E-state index contributed by atoms with van der Waals surface area (Å²) in [6.07, 6.45) is 1.52. The summed E-state index contributed by atoms with van der Waals surface area (Å²) in [5.74, 6) is -0.833. The maximum Gasteiger partial charge on any atom is 0.373 e. The Morgan fingerprint density at radius 2 is 1.95 bits per heavy atom. The Morgan fingerprint density at radius 1 is 1.16 bits per heavy atom. The molecular formula is C26H21ClFNO7S. The van der Waals surface area contributed by atoms with Crippen molar-refractivity contribution in [2.75, 3.05) is 13.7 Å². The van der Waals surface area contributed by atoms with Crippen LogP contribution in [0.25, 0.3) is 6.08 Å². The molecule has 3 aromatic rings. The lowest BCUT2D eigenvalue weighted by Gasteiger charge is -2.15. The van der Waals surface area contributed by atoms with Gasteiger partial charge in [0, 0.05) is 5.56 Å². The highest BCUT2D eigenvalue weighted by atomic mass is 35.5. The Balaban J connectivity index is 1.53. The zero-order chi connectivity index (χ0) is 26.5. The molecule has 11 heteroatoms. The van der Waals surface area contributed by atoms with E-state index in [-0.39, 0.29) is 40.3 Å². The first-order valence-electron chi connectivity index (χ1n) is 11.1. The second-order valence-corrected chi connectivity index (χ2v) is 9.07. The first-order chi connectivity index (χ1) is 17.8. The summed E-state index contributed by atoms with van der Waals surface area (Å²) in [6, 6.07) is 12.3. The number of carbonyl (C=O) groups is 3. The van der Waals surface area contributed by atoms with Crippen LogP contribution in [0.4, 0.5) is 9.18 Å². The molecule has 0 bridgehead atoms. The minimum absolute atomic E-state index is 0.0320. The second-order valence-electron chi connectivity index (χ2n) is 7.67. The van der Waals surface area contributed by atoms with Gasteiger partial charge < -0.3 is 18.6 Å². The molecule has 0 atom stereocenters. The molecule has 0 N–H and O–H groups in total. The number of amides is 2. The highest BCUT2D eigenvalue weighted by Crippen LogP contribution is 2.40. The van der Waals surface area contributed by atoms with Gasteiger partial charge in [-0.3, -0.25) is 14.5 Å². The Hall–Kier alpha value is -3.76. The Morgan fingerprint density at radius 3 is 2.68 bits per heavy atom. The van der Waals surface area contributed by atoms with Gasteiger partial charge in [-0.15, -0.1) is 0 Å². The number of hydrogen-bond donors (Lipinski definition) is 0. The summed E-state index contributed by atoms with van der Waals surface area (Å²) < 4.78 is 35.4. The number of benzene rings is 2. The van der Waals surface area contributed by atoms with E-state index >= 15 is 0 Å². The van der Waals surface area contributed by atoms with Gasteiger partial charge in [-0.1, -0.05) is 29.8 Å². The highest BCUT2D eigenvalue weighted by molar-refractivity contribution is 8.18. The third-order valence-electron chi connectivity index (χ3n) is 5.20. The molecule has 0 saturated carbocycles. The van der Waals surface area contributed by atoms with Gasteiger partial charge in [0.2, 0.25) is 5.76 Å². The minimum Gasteiger partial charge on any atom is -0.490 e. The molecule has 1 fully saturated rings. The minimum atomic E-state index is -0.663. The van der Waals surface area contributed by atoms with E-state index in [1.54, 1.807) is 37.3 Å². The predicted molar refractivity (Wildman–Crippen MR) is 135 cm³/mol. The molecule has 0 aliphatic carbocycles. The highest BCUT2D eigenvalue weighted by Gasteiger charge is 2.36.